The van der Waals surface area contributed by atoms with E-state index < -0.39 is 12.1 Å². The molecule has 86 valence electrons. The standard InChI is InChI=1S/C10H17NO4/c1-6(15-2)9(12)11-8-4-3-7(5-8)10(13)14/h6-8H,3-5H2,1-2H3,(H,11,12)(H,13,14)/t6?,7-,8+/m0/s1. The Labute approximate surface area is 88.8 Å². The van der Waals surface area contributed by atoms with Crippen molar-refractivity contribution in [1.29, 1.82) is 0 Å². The fraction of sp³-hybridized carbons (Fsp3) is 0.800. The first kappa shape index (κ1) is 12.0. The predicted molar refractivity (Wildman–Crippen MR) is 53.4 cm³/mol. The molecule has 0 spiro atoms. The van der Waals surface area contributed by atoms with Crippen molar-refractivity contribution in [3.05, 3.63) is 0 Å². The highest BCUT2D eigenvalue weighted by atomic mass is 16.5. The van der Waals surface area contributed by atoms with Gasteiger partial charge in [0.2, 0.25) is 5.91 Å². The maximum Gasteiger partial charge on any atom is 0.306 e. The lowest BCUT2D eigenvalue weighted by atomic mass is 10.1. The van der Waals surface area contributed by atoms with Crippen molar-refractivity contribution in [2.75, 3.05) is 7.11 Å². The Morgan fingerprint density at radius 2 is 2.13 bits per heavy atom. The van der Waals surface area contributed by atoms with Gasteiger partial charge in [0.15, 0.2) is 0 Å². The van der Waals surface area contributed by atoms with Gasteiger partial charge in [-0.2, -0.15) is 0 Å². The number of methoxy groups -OCH3 is 1. The zero-order valence-corrected chi connectivity index (χ0v) is 9.03. The van der Waals surface area contributed by atoms with E-state index in [1.54, 1.807) is 6.92 Å². The molecule has 0 aromatic heterocycles. The molecule has 1 amide bonds. The number of carboxylic acids is 1. The molecule has 0 saturated heterocycles. The number of hydrogen-bond acceptors (Lipinski definition) is 3. The van der Waals surface area contributed by atoms with E-state index >= 15 is 0 Å². The molecule has 0 bridgehead atoms. The lowest BCUT2D eigenvalue weighted by molar-refractivity contribution is -0.141. The van der Waals surface area contributed by atoms with E-state index in [1.807, 2.05) is 0 Å². The smallest absolute Gasteiger partial charge is 0.306 e. The minimum atomic E-state index is -0.772. The molecule has 1 rings (SSSR count). The normalized spacial score (nSPS) is 27.3. The van der Waals surface area contributed by atoms with Gasteiger partial charge < -0.3 is 15.2 Å². The third kappa shape index (κ3) is 3.20. The molecule has 0 heterocycles. The Bertz CT molecular complexity index is 254. The molecule has 5 nitrogen and oxygen atoms in total. The molecule has 1 saturated carbocycles. The minimum absolute atomic E-state index is 0.0174. The second-order valence-electron chi connectivity index (χ2n) is 3.93. The van der Waals surface area contributed by atoms with Crippen molar-refractivity contribution >= 4 is 11.9 Å². The summed E-state index contributed by atoms with van der Waals surface area (Å²) in [6.07, 6.45) is 1.42. The zero-order valence-electron chi connectivity index (χ0n) is 9.03. The average molecular weight is 215 g/mol. The molecule has 0 aliphatic heterocycles. The van der Waals surface area contributed by atoms with Gasteiger partial charge in [0.05, 0.1) is 5.92 Å². The summed E-state index contributed by atoms with van der Waals surface area (Å²) in [5, 5.41) is 11.6. The van der Waals surface area contributed by atoms with Gasteiger partial charge in [-0.1, -0.05) is 0 Å². The molecule has 15 heavy (non-hydrogen) atoms. The van der Waals surface area contributed by atoms with E-state index in [-0.39, 0.29) is 17.9 Å². The number of hydrogen-bond donors (Lipinski definition) is 2. The summed E-state index contributed by atoms with van der Waals surface area (Å²) in [5.41, 5.74) is 0. The van der Waals surface area contributed by atoms with Gasteiger partial charge in [-0.3, -0.25) is 9.59 Å². The van der Waals surface area contributed by atoms with Gasteiger partial charge in [-0.15, -0.1) is 0 Å². The van der Waals surface area contributed by atoms with Crippen molar-refractivity contribution in [2.45, 2.75) is 38.3 Å². The number of nitrogens with one attached hydrogen (secondary N) is 1. The Balaban J connectivity index is 2.36. The molecular weight excluding hydrogens is 198 g/mol. The lowest BCUT2D eigenvalue weighted by Gasteiger charge is -2.15. The highest BCUT2D eigenvalue weighted by molar-refractivity contribution is 5.80. The van der Waals surface area contributed by atoms with Crippen LogP contribution in [0.3, 0.4) is 0 Å². The van der Waals surface area contributed by atoms with E-state index in [1.165, 1.54) is 7.11 Å². The summed E-state index contributed by atoms with van der Waals surface area (Å²) in [7, 11) is 1.47. The topological polar surface area (TPSA) is 75.6 Å². The Morgan fingerprint density at radius 1 is 1.47 bits per heavy atom. The number of aliphatic carboxylic acids is 1. The van der Waals surface area contributed by atoms with Crippen LogP contribution in [0.4, 0.5) is 0 Å². The second kappa shape index (κ2) is 5.11. The fourth-order valence-electron chi connectivity index (χ4n) is 1.76. The Kier molecular flexibility index (Phi) is 4.08. The summed E-state index contributed by atoms with van der Waals surface area (Å²) >= 11 is 0. The van der Waals surface area contributed by atoms with Gasteiger partial charge in [0.25, 0.3) is 0 Å². The van der Waals surface area contributed by atoms with Crippen LogP contribution in [0.25, 0.3) is 0 Å². The highest BCUT2D eigenvalue weighted by Gasteiger charge is 2.31. The summed E-state index contributed by atoms with van der Waals surface area (Å²) in [4.78, 5) is 22.1. The number of ether oxygens (including phenoxy) is 1. The van der Waals surface area contributed by atoms with Gasteiger partial charge in [-0.25, -0.2) is 0 Å². The third-order valence-corrected chi connectivity index (χ3v) is 2.85. The van der Waals surface area contributed by atoms with Gasteiger partial charge >= 0.3 is 5.97 Å². The van der Waals surface area contributed by atoms with Crippen LogP contribution in [0, 0.1) is 5.92 Å². The fourth-order valence-corrected chi connectivity index (χ4v) is 1.76. The van der Waals surface area contributed by atoms with E-state index in [9.17, 15) is 9.59 Å². The monoisotopic (exact) mass is 215 g/mol. The lowest BCUT2D eigenvalue weighted by Crippen LogP contribution is -2.40. The molecule has 1 aliphatic carbocycles. The first-order valence-corrected chi connectivity index (χ1v) is 5.10. The Morgan fingerprint density at radius 3 is 2.60 bits per heavy atom. The number of carboxylic acid groups (broad SMARTS) is 1. The number of amides is 1. The van der Waals surface area contributed by atoms with Crippen molar-refractivity contribution in [3.8, 4) is 0 Å². The van der Waals surface area contributed by atoms with Crippen LogP contribution in [-0.2, 0) is 14.3 Å². The molecule has 2 N–H and O–H groups in total. The molecule has 3 atom stereocenters. The van der Waals surface area contributed by atoms with Crippen LogP contribution >= 0.6 is 0 Å². The zero-order chi connectivity index (χ0) is 11.4. The second-order valence-corrected chi connectivity index (χ2v) is 3.93. The van der Waals surface area contributed by atoms with Gasteiger partial charge in [-0.05, 0) is 26.2 Å². The number of carbonyl (C=O) groups is 2. The highest BCUT2D eigenvalue weighted by Crippen LogP contribution is 2.25. The number of carbonyl (C=O) groups excluding carboxylic acids is 1. The van der Waals surface area contributed by atoms with E-state index in [0.29, 0.717) is 12.8 Å². The van der Waals surface area contributed by atoms with E-state index in [2.05, 4.69) is 5.32 Å². The molecule has 0 aromatic carbocycles. The molecule has 0 aromatic rings. The third-order valence-electron chi connectivity index (χ3n) is 2.85. The van der Waals surface area contributed by atoms with Gasteiger partial charge in [0.1, 0.15) is 6.10 Å². The summed E-state index contributed by atoms with van der Waals surface area (Å²) in [6, 6.07) is -0.0174. The van der Waals surface area contributed by atoms with Crippen LogP contribution in [0.1, 0.15) is 26.2 Å². The summed E-state index contributed by atoms with van der Waals surface area (Å²) < 4.78 is 4.87. The quantitative estimate of drug-likeness (QED) is 0.711. The summed E-state index contributed by atoms with van der Waals surface area (Å²) in [6.45, 7) is 1.67. The van der Waals surface area contributed by atoms with Crippen LogP contribution < -0.4 is 5.32 Å². The van der Waals surface area contributed by atoms with Crippen molar-refractivity contribution < 1.29 is 19.4 Å². The van der Waals surface area contributed by atoms with Crippen LogP contribution in [0.5, 0.6) is 0 Å². The minimum Gasteiger partial charge on any atom is -0.481 e. The molecule has 0 radical (unpaired) electrons. The average Bonchev–Trinajstić information content (AvgIpc) is 2.65. The number of rotatable bonds is 4. The van der Waals surface area contributed by atoms with E-state index in [4.69, 9.17) is 9.84 Å². The van der Waals surface area contributed by atoms with Crippen molar-refractivity contribution in [2.24, 2.45) is 5.92 Å². The first-order valence-electron chi connectivity index (χ1n) is 5.10. The van der Waals surface area contributed by atoms with E-state index in [0.717, 1.165) is 6.42 Å². The summed E-state index contributed by atoms with van der Waals surface area (Å²) in [5.74, 6) is -1.26. The maximum atomic E-state index is 11.4. The molecular formula is C10H17NO4. The largest absolute Gasteiger partial charge is 0.481 e. The molecule has 1 aliphatic rings. The molecule has 5 heteroatoms. The van der Waals surface area contributed by atoms with Crippen LogP contribution in [-0.4, -0.2) is 36.2 Å². The van der Waals surface area contributed by atoms with Crippen LogP contribution in [0.2, 0.25) is 0 Å². The predicted octanol–water partition coefficient (Wildman–Crippen LogP) is 0.391. The van der Waals surface area contributed by atoms with Gasteiger partial charge in [0, 0.05) is 13.2 Å². The Hall–Kier alpha value is -1.10. The first-order chi connectivity index (χ1) is 7.04. The SMILES string of the molecule is COC(C)C(=O)N[C@@H]1CC[C@H](C(=O)O)C1. The molecule has 1 fully saturated rings. The maximum absolute atomic E-state index is 11.4. The van der Waals surface area contributed by atoms with Crippen molar-refractivity contribution in [3.63, 3.8) is 0 Å². The van der Waals surface area contributed by atoms with Crippen LogP contribution in [0.15, 0.2) is 0 Å². The van der Waals surface area contributed by atoms with Crippen molar-refractivity contribution in [1.82, 2.24) is 5.32 Å². The molecule has 1 unspecified atom stereocenters.